The second-order valence-electron chi connectivity index (χ2n) is 6.34. The summed E-state index contributed by atoms with van der Waals surface area (Å²) < 4.78 is 25.0. The van der Waals surface area contributed by atoms with Gasteiger partial charge in [0.25, 0.3) is 0 Å². The average Bonchev–Trinajstić information content (AvgIpc) is 2.75. The van der Waals surface area contributed by atoms with E-state index in [1.165, 1.54) is 43.3 Å². The number of carbonyl (C=O) groups is 1. The lowest BCUT2D eigenvalue weighted by Crippen LogP contribution is -2.22. The third kappa shape index (κ3) is 5.64. The summed E-state index contributed by atoms with van der Waals surface area (Å²) in [7, 11) is 2.98. The van der Waals surface area contributed by atoms with E-state index in [4.69, 9.17) is 9.47 Å². The minimum atomic E-state index is -0.309. The first-order valence-corrected chi connectivity index (χ1v) is 10.1. The van der Waals surface area contributed by atoms with Gasteiger partial charge in [0, 0.05) is 28.1 Å². The molecule has 6 nitrogen and oxygen atoms in total. The van der Waals surface area contributed by atoms with Crippen LogP contribution in [-0.4, -0.2) is 24.7 Å². The third-order valence-electron chi connectivity index (χ3n) is 4.29. The van der Waals surface area contributed by atoms with Crippen LogP contribution in [0.25, 0.3) is 0 Å². The Bertz CT molecular complexity index is 1070. The summed E-state index contributed by atoms with van der Waals surface area (Å²) in [6.07, 6.45) is 1.52. The molecule has 1 N–H and O–H groups in total. The molecule has 0 unspecified atom stereocenters. The second-order valence-corrected chi connectivity index (χ2v) is 7.39. The van der Waals surface area contributed by atoms with Crippen molar-refractivity contribution in [3.8, 4) is 11.5 Å². The molecule has 3 aromatic rings. The lowest BCUT2D eigenvalue weighted by Gasteiger charge is -2.15. The predicted molar refractivity (Wildman–Crippen MR) is 115 cm³/mol. The van der Waals surface area contributed by atoms with Crippen molar-refractivity contribution >= 4 is 23.4 Å². The van der Waals surface area contributed by atoms with Crippen molar-refractivity contribution in [1.82, 2.24) is 4.57 Å². The van der Waals surface area contributed by atoms with E-state index in [2.05, 4.69) is 5.32 Å². The molecule has 1 amide bonds. The number of hydrogen-bond acceptors (Lipinski definition) is 5. The van der Waals surface area contributed by atoms with Gasteiger partial charge in [-0.2, -0.15) is 0 Å². The summed E-state index contributed by atoms with van der Waals surface area (Å²) >= 11 is 1.44. The minimum absolute atomic E-state index is 0.00196. The largest absolute Gasteiger partial charge is 0.497 e. The summed E-state index contributed by atoms with van der Waals surface area (Å²) in [5.74, 6) is 0.719. The molecule has 0 bridgehead atoms. The van der Waals surface area contributed by atoms with Gasteiger partial charge in [0.1, 0.15) is 18.1 Å². The Morgan fingerprint density at radius 2 is 1.77 bits per heavy atom. The Morgan fingerprint density at radius 3 is 2.40 bits per heavy atom. The lowest BCUT2D eigenvalue weighted by molar-refractivity contribution is -0.116. The van der Waals surface area contributed by atoms with Gasteiger partial charge in [-0.1, -0.05) is 0 Å². The fourth-order valence-electron chi connectivity index (χ4n) is 2.74. The molecule has 1 heterocycles. The highest BCUT2D eigenvalue weighted by atomic mass is 32.2. The Kier molecular flexibility index (Phi) is 7.13. The lowest BCUT2D eigenvalue weighted by atomic mass is 10.3. The van der Waals surface area contributed by atoms with E-state index in [1.54, 1.807) is 48.1 Å². The van der Waals surface area contributed by atoms with Crippen LogP contribution in [-0.2, 0) is 17.1 Å². The van der Waals surface area contributed by atoms with E-state index >= 15 is 0 Å². The fourth-order valence-corrected chi connectivity index (χ4v) is 3.63. The van der Waals surface area contributed by atoms with Crippen LogP contribution in [0.1, 0.15) is 5.69 Å². The molecule has 0 aliphatic carbocycles. The number of thioether (sulfide) groups is 1. The molecule has 156 valence electrons. The van der Waals surface area contributed by atoms with Crippen molar-refractivity contribution in [1.29, 1.82) is 0 Å². The number of hydrogen-bond donors (Lipinski definition) is 1. The van der Waals surface area contributed by atoms with Gasteiger partial charge < -0.3 is 19.4 Å². The SMILES string of the molecule is COc1ccc(NC(=O)Cn2cc(OC)c(=O)cc2CSc2ccc(F)cc2)cc1. The molecule has 0 atom stereocenters. The third-order valence-corrected chi connectivity index (χ3v) is 5.34. The maximum Gasteiger partial charge on any atom is 0.244 e. The van der Waals surface area contributed by atoms with Crippen LogP contribution < -0.4 is 20.2 Å². The number of pyridine rings is 1. The topological polar surface area (TPSA) is 69.6 Å². The van der Waals surface area contributed by atoms with Crippen LogP contribution in [0.4, 0.5) is 10.1 Å². The molecule has 0 radical (unpaired) electrons. The van der Waals surface area contributed by atoms with E-state index < -0.39 is 0 Å². The zero-order valence-corrected chi connectivity index (χ0v) is 17.4. The van der Waals surface area contributed by atoms with Crippen molar-refractivity contribution in [2.75, 3.05) is 19.5 Å². The van der Waals surface area contributed by atoms with E-state index in [-0.39, 0.29) is 29.4 Å². The first kappa shape index (κ1) is 21.4. The molecular formula is C22H21FN2O4S. The van der Waals surface area contributed by atoms with Gasteiger partial charge in [0.15, 0.2) is 5.75 Å². The van der Waals surface area contributed by atoms with Crippen molar-refractivity contribution in [3.63, 3.8) is 0 Å². The Morgan fingerprint density at radius 1 is 1.07 bits per heavy atom. The standard InChI is InChI=1S/C22H21FN2O4S/c1-28-18-7-5-16(6-8-18)24-22(27)13-25-12-21(29-2)20(26)11-17(25)14-30-19-9-3-15(23)4-10-19/h3-12H,13-14H2,1-2H3,(H,24,27). The van der Waals surface area contributed by atoms with E-state index in [9.17, 15) is 14.0 Å². The number of methoxy groups -OCH3 is 2. The molecule has 2 aromatic carbocycles. The van der Waals surface area contributed by atoms with Gasteiger partial charge in [0.2, 0.25) is 11.3 Å². The normalized spacial score (nSPS) is 10.5. The van der Waals surface area contributed by atoms with Crippen LogP contribution in [0.15, 0.2) is 70.5 Å². The predicted octanol–water partition coefficient (Wildman–Crippen LogP) is 3.94. The summed E-state index contributed by atoms with van der Waals surface area (Å²) in [6, 6.07) is 14.5. The van der Waals surface area contributed by atoms with Crippen molar-refractivity contribution in [2.24, 2.45) is 0 Å². The Balaban J connectivity index is 1.76. The zero-order chi connectivity index (χ0) is 21.5. The van der Waals surface area contributed by atoms with Gasteiger partial charge in [-0.05, 0) is 48.5 Å². The Labute approximate surface area is 177 Å². The monoisotopic (exact) mass is 428 g/mol. The van der Waals surface area contributed by atoms with E-state index in [1.807, 2.05) is 0 Å². The molecule has 1 aromatic heterocycles. The zero-order valence-electron chi connectivity index (χ0n) is 16.6. The molecular weight excluding hydrogens is 407 g/mol. The van der Waals surface area contributed by atoms with Gasteiger partial charge in [-0.25, -0.2) is 4.39 Å². The molecule has 0 fully saturated rings. The smallest absolute Gasteiger partial charge is 0.244 e. The maximum atomic E-state index is 13.1. The number of halogens is 1. The number of ether oxygens (including phenoxy) is 2. The number of rotatable bonds is 8. The van der Waals surface area contributed by atoms with Gasteiger partial charge in [0.05, 0.1) is 20.4 Å². The number of aromatic nitrogens is 1. The first-order chi connectivity index (χ1) is 14.5. The summed E-state index contributed by atoms with van der Waals surface area (Å²) in [6.45, 7) is 0.00196. The molecule has 8 heteroatoms. The molecule has 0 spiro atoms. The minimum Gasteiger partial charge on any atom is -0.497 e. The quantitative estimate of drug-likeness (QED) is 0.551. The highest BCUT2D eigenvalue weighted by molar-refractivity contribution is 7.98. The molecule has 0 aliphatic rings. The fraction of sp³-hybridized carbons (Fsp3) is 0.182. The van der Waals surface area contributed by atoms with Crippen LogP contribution in [0.5, 0.6) is 11.5 Å². The van der Waals surface area contributed by atoms with Gasteiger partial charge in [-0.15, -0.1) is 11.8 Å². The summed E-state index contributed by atoms with van der Waals surface area (Å²) in [5, 5.41) is 2.82. The van der Waals surface area contributed by atoms with Crippen LogP contribution >= 0.6 is 11.8 Å². The van der Waals surface area contributed by atoms with Gasteiger partial charge in [-0.3, -0.25) is 9.59 Å². The number of benzene rings is 2. The number of anilines is 1. The highest BCUT2D eigenvalue weighted by Gasteiger charge is 2.12. The number of nitrogens with one attached hydrogen (secondary N) is 1. The summed E-state index contributed by atoms with van der Waals surface area (Å²) in [4.78, 5) is 25.6. The number of nitrogens with zero attached hydrogens (tertiary/aromatic N) is 1. The molecule has 0 saturated heterocycles. The molecule has 0 saturated carbocycles. The van der Waals surface area contributed by atoms with Gasteiger partial charge >= 0.3 is 0 Å². The molecule has 0 aliphatic heterocycles. The van der Waals surface area contributed by atoms with Crippen molar-refractivity contribution in [3.05, 3.63) is 82.5 Å². The van der Waals surface area contributed by atoms with Crippen LogP contribution in [0, 0.1) is 5.82 Å². The average molecular weight is 428 g/mol. The van der Waals surface area contributed by atoms with Crippen molar-refractivity contribution < 1.29 is 18.7 Å². The first-order valence-electron chi connectivity index (χ1n) is 9.08. The second kappa shape index (κ2) is 9.98. The van der Waals surface area contributed by atoms with E-state index in [0.29, 0.717) is 22.9 Å². The van der Waals surface area contributed by atoms with Crippen LogP contribution in [0.3, 0.4) is 0 Å². The summed E-state index contributed by atoms with van der Waals surface area (Å²) in [5.41, 5.74) is 1.02. The van der Waals surface area contributed by atoms with Crippen molar-refractivity contribution in [2.45, 2.75) is 17.2 Å². The van der Waals surface area contributed by atoms with Crippen LogP contribution in [0.2, 0.25) is 0 Å². The highest BCUT2D eigenvalue weighted by Crippen LogP contribution is 2.23. The maximum absolute atomic E-state index is 13.1. The number of carbonyl (C=O) groups excluding carboxylic acids is 1. The number of amides is 1. The van der Waals surface area contributed by atoms with E-state index in [0.717, 1.165) is 4.90 Å². The molecule has 30 heavy (non-hydrogen) atoms. The molecule has 3 rings (SSSR count). The Hall–Kier alpha value is -3.26.